The lowest BCUT2D eigenvalue weighted by Gasteiger charge is -2.28. The van der Waals surface area contributed by atoms with E-state index in [4.69, 9.17) is 0 Å². The lowest BCUT2D eigenvalue weighted by atomic mass is 10.1. The van der Waals surface area contributed by atoms with E-state index in [-0.39, 0.29) is 0 Å². The molecule has 0 saturated carbocycles. The number of Topliss-reactive ketones (excluding diaryl/α,β-unsaturated/α-hetero) is 1. The van der Waals surface area contributed by atoms with Gasteiger partial charge in [-0.1, -0.05) is 6.58 Å². The second-order valence-electron chi connectivity index (χ2n) is 3.31. The second kappa shape index (κ2) is 3.92. The van der Waals surface area contributed by atoms with Crippen LogP contribution in [0.15, 0.2) is 18.2 Å². The number of hydrogen-bond acceptors (Lipinski definition) is 4. The molecule has 1 aromatic rings. The summed E-state index contributed by atoms with van der Waals surface area (Å²) < 4.78 is 0. The monoisotopic (exact) mass is 208 g/mol. The van der Waals surface area contributed by atoms with Crippen molar-refractivity contribution in [3.05, 3.63) is 23.2 Å². The molecule has 1 aliphatic heterocycles. The Morgan fingerprint density at radius 3 is 2.79 bits per heavy atom. The highest BCUT2D eigenvalue weighted by Crippen LogP contribution is 2.22. The van der Waals surface area contributed by atoms with Crippen molar-refractivity contribution in [2.24, 2.45) is 0 Å². The highest BCUT2D eigenvalue weighted by molar-refractivity contribution is 7.10. The maximum absolute atomic E-state index is 11.0. The Hall–Kier alpha value is -1.16. The standard InChI is InChI=1S/C10H12N2OS/c1-8(10-11-4-7-14-10)12-5-2-9(13)3-6-12/h4,7H,1-3,5-6H2. The molecular formula is C10H12N2OS. The molecule has 0 radical (unpaired) electrons. The molecule has 0 unspecified atom stereocenters. The number of rotatable bonds is 2. The maximum Gasteiger partial charge on any atom is 0.138 e. The summed E-state index contributed by atoms with van der Waals surface area (Å²) in [4.78, 5) is 17.4. The van der Waals surface area contributed by atoms with Gasteiger partial charge in [0.05, 0.1) is 5.70 Å². The minimum absolute atomic E-state index is 0.355. The van der Waals surface area contributed by atoms with Crippen LogP contribution in [0.25, 0.3) is 5.70 Å². The van der Waals surface area contributed by atoms with Crippen LogP contribution in [0.5, 0.6) is 0 Å². The largest absolute Gasteiger partial charge is 0.369 e. The van der Waals surface area contributed by atoms with Gasteiger partial charge in [-0.05, 0) is 0 Å². The molecule has 2 rings (SSSR count). The van der Waals surface area contributed by atoms with Crippen molar-refractivity contribution in [1.82, 2.24) is 9.88 Å². The molecule has 1 saturated heterocycles. The van der Waals surface area contributed by atoms with Crippen molar-refractivity contribution < 1.29 is 4.79 Å². The number of thiazole rings is 1. The Labute approximate surface area is 87.1 Å². The molecule has 0 bridgehead atoms. The molecule has 2 heterocycles. The van der Waals surface area contributed by atoms with Crippen LogP contribution < -0.4 is 0 Å². The summed E-state index contributed by atoms with van der Waals surface area (Å²) in [5.41, 5.74) is 0.951. The van der Waals surface area contributed by atoms with E-state index in [1.165, 1.54) is 0 Å². The molecule has 1 aliphatic rings. The average molecular weight is 208 g/mol. The number of piperidine rings is 1. The molecule has 0 aromatic carbocycles. The Balaban J connectivity index is 2.03. The highest BCUT2D eigenvalue weighted by Gasteiger charge is 2.18. The molecule has 0 aliphatic carbocycles. The van der Waals surface area contributed by atoms with Gasteiger partial charge in [-0.15, -0.1) is 11.3 Å². The molecule has 14 heavy (non-hydrogen) atoms. The predicted octanol–water partition coefficient (Wildman–Crippen LogP) is 1.78. The molecular weight excluding hydrogens is 196 g/mol. The summed E-state index contributed by atoms with van der Waals surface area (Å²) in [5.74, 6) is 0.355. The summed E-state index contributed by atoms with van der Waals surface area (Å²) >= 11 is 1.59. The van der Waals surface area contributed by atoms with Gasteiger partial charge in [-0.2, -0.15) is 0 Å². The van der Waals surface area contributed by atoms with Gasteiger partial charge in [-0.3, -0.25) is 4.79 Å². The van der Waals surface area contributed by atoms with Gasteiger partial charge in [0.25, 0.3) is 0 Å². The van der Waals surface area contributed by atoms with Crippen molar-refractivity contribution in [1.29, 1.82) is 0 Å². The molecule has 1 aromatic heterocycles. The van der Waals surface area contributed by atoms with Gasteiger partial charge >= 0.3 is 0 Å². The third-order valence-electron chi connectivity index (χ3n) is 2.38. The van der Waals surface area contributed by atoms with Crippen molar-refractivity contribution in [3.8, 4) is 0 Å². The highest BCUT2D eigenvalue weighted by atomic mass is 32.1. The van der Waals surface area contributed by atoms with Crippen molar-refractivity contribution in [2.45, 2.75) is 12.8 Å². The lowest BCUT2D eigenvalue weighted by molar-refractivity contribution is -0.120. The van der Waals surface area contributed by atoms with Gasteiger partial charge in [-0.25, -0.2) is 4.98 Å². The number of carbonyl (C=O) groups excluding carboxylic acids is 1. The Morgan fingerprint density at radius 2 is 2.21 bits per heavy atom. The number of nitrogens with zero attached hydrogens (tertiary/aromatic N) is 2. The molecule has 74 valence electrons. The third-order valence-corrected chi connectivity index (χ3v) is 3.20. The Kier molecular flexibility index (Phi) is 2.63. The van der Waals surface area contributed by atoms with Crippen LogP contribution in [0, 0.1) is 0 Å². The topological polar surface area (TPSA) is 33.2 Å². The van der Waals surface area contributed by atoms with Crippen LogP contribution in [-0.2, 0) is 4.79 Å². The fourth-order valence-corrected chi connectivity index (χ4v) is 2.16. The quantitative estimate of drug-likeness (QED) is 0.742. The molecule has 0 amide bonds. The fourth-order valence-electron chi connectivity index (χ4n) is 1.53. The van der Waals surface area contributed by atoms with E-state index in [0.29, 0.717) is 18.6 Å². The molecule has 0 spiro atoms. The molecule has 3 nitrogen and oxygen atoms in total. The molecule has 0 atom stereocenters. The first-order valence-electron chi connectivity index (χ1n) is 4.63. The Bertz CT molecular complexity index is 335. The van der Waals surface area contributed by atoms with Crippen LogP contribution in [-0.4, -0.2) is 28.8 Å². The van der Waals surface area contributed by atoms with E-state index >= 15 is 0 Å². The number of aromatic nitrogens is 1. The summed E-state index contributed by atoms with van der Waals surface area (Å²) in [6, 6.07) is 0. The van der Waals surface area contributed by atoms with Gasteiger partial charge in [0.15, 0.2) is 0 Å². The fraction of sp³-hybridized carbons (Fsp3) is 0.400. The second-order valence-corrected chi connectivity index (χ2v) is 4.20. The number of ketones is 1. The van der Waals surface area contributed by atoms with E-state index in [1.807, 2.05) is 5.38 Å². The first kappa shape index (κ1) is 9.40. The summed E-state index contributed by atoms with van der Waals surface area (Å²) in [5, 5.41) is 2.90. The molecule has 4 heteroatoms. The number of carbonyl (C=O) groups is 1. The summed E-state index contributed by atoms with van der Waals surface area (Å²) in [7, 11) is 0. The van der Waals surface area contributed by atoms with Crippen LogP contribution >= 0.6 is 11.3 Å². The zero-order valence-electron chi connectivity index (χ0n) is 7.90. The van der Waals surface area contributed by atoms with Crippen LogP contribution in [0.4, 0.5) is 0 Å². The van der Waals surface area contributed by atoms with Crippen molar-refractivity contribution in [3.63, 3.8) is 0 Å². The minimum Gasteiger partial charge on any atom is -0.369 e. The van der Waals surface area contributed by atoms with E-state index in [1.54, 1.807) is 17.5 Å². The lowest BCUT2D eigenvalue weighted by Crippen LogP contribution is -2.32. The predicted molar refractivity (Wildman–Crippen MR) is 57.0 cm³/mol. The normalized spacial score (nSPS) is 17.1. The Morgan fingerprint density at radius 1 is 1.50 bits per heavy atom. The van der Waals surface area contributed by atoms with Gasteiger partial charge < -0.3 is 4.90 Å². The SMILES string of the molecule is C=C(c1nccs1)N1CCC(=O)CC1. The first-order valence-corrected chi connectivity index (χ1v) is 5.51. The average Bonchev–Trinajstić information content (AvgIpc) is 2.71. The zero-order chi connectivity index (χ0) is 9.97. The number of hydrogen-bond donors (Lipinski definition) is 0. The zero-order valence-corrected chi connectivity index (χ0v) is 8.72. The molecule has 1 fully saturated rings. The summed E-state index contributed by atoms with van der Waals surface area (Å²) in [6.45, 7) is 5.59. The third kappa shape index (κ3) is 1.85. The van der Waals surface area contributed by atoms with Gasteiger partial charge in [0, 0.05) is 37.5 Å². The first-order chi connectivity index (χ1) is 6.77. The van der Waals surface area contributed by atoms with Crippen LogP contribution in [0.2, 0.25) is 0 Å². The van der Waals surface area contributed by atoms with Crippen molar-refractivity contribution in [2.75, 3.05) is 13.1 Å². The van der Waals surface area contributed by atoms with Crippen molar-refractivity contribution >= 4 is 22.8 Å². The van der Waals surface area contributed by atoms with E-state index < -0.39 is 0 Å². The van der Waals surface area contributed by atoms with Crippen LogP contribution in [0.1, 0.15) is 17.8 Å². The molecule has 0 N–H and O–H groups in total. The minimum atomic E-state index is 0.355. The van der Waals surface area contributed by atoms with Gasteiger partial charge in [0.1, 0.15) is 10.8 Å². The van der Waals surface area contributed by atoms with E-state index in [9.17, 15) is 4.79 Å². The smallest absolute Gasteiger partial charge is 0.138 e. The van der Waals surface area contributed by atoms with E-state index in [0.717, 1.165) is 23.8 Å². The van der Waals surface area contributed by atoms with Crippen LogP contribution in [0.3, 0.4) is 0 Å². The summed E-state index contributed by atoms with van der Waals surface area (Å²) in [6.07, 6.45) is 3.06. The number of likely N-dealkylation sites (tertiary alicyclic amines) is 1. The maximum atomic E-state index is 11.0. The van der Waals surface area contributed by atoms with E-state index in [2.05, 4.69) is 16.5 Å². The van der Waals surface area contributed by atoms with Gasteiger partial charge in [0.2, 0.25) is 0 Å².